The number of ether oxygens (including phenoxy) is 3. The molecule has 0 amide bonds. The second-order valence-electron chi connectivity index (χ2n) is 7.95. The maximum absolute atomic E-state index is 13.5. The molecule has 0 radical (unpaired) electrons. The number of Topliss-reactive ketones (excluding diaryl/α,β-unsaturated/α-hetero) is 1. The maximum atomic E-state index is 13.5. The predicted octanol–water partition coefficient (Wildman–Crippen LogP) is 3.21. The minimum atomic E-state index is -3.58. The van der Waals surface area contributed by atoms with Gasteiger partial charge < -0.3 is 19.5 Å². The summed E-state index contributed by atoms with van der Waals surface area (Å²) in [4.78, 5) is 13.5. The van der Waals surface area contributed by atoms with Crippen LogP contribution in [0.25, 0.3) is 0 Å². The fourth-order valence-corrected chi connectivity index (χ4v) is 4.86. The van der Waals surface area contributed by atoms with E-state index in [-0.39, 0.29) is 12.4 Å². The van der Waals surface area contributed by atoms with E-state index in [1.807, 2.05) is 18.2 Å². The number of ketones is 1. The molecule has 2 aromatic rings. The largest absolute Gasteiger partial charge is 0.493 e. The lowest BCUT2D eigenvalue weighted by Crippen LogP contribution is -2.31. The van der Waals surface area contributed by atoms with Crippen molar-refractivity contribution in [3.05, 3.63) is 52.5 Å². The number of halogens is 1. The van der Waals surface area contributed by atoms with E-state index in [1.54, 1.807) is 18.2 Å². The van der Waals surface area contributed by atoms with Gasteiger partial charge in [0.05, 0.1) is 45.8 Å². The van der Waals surface area contributed by atoms with Crippen LogP contribution in [0.2, 0.25) is 5.02 Å². The van der Waals surface area contributed by atoms with Crippen LogP contribution in [0.3, 0.4) is 0 Å². The van der Waals surface area contributed by atoms with E-state index in [9.17, 15) is 13.2 Å². The highest BCUT2D eigenvalue weighted by molar-refractivity contribution is 7.85. The molecule has 1 aliphatic heterocycles. The van der Waals surface area contributed by atoms with Gasteiger partial charge in [0.1, 0.15) is 0 Å². The van der Waals surface area contributed by atoms with Crippen molar-refractivity contribution in [3.8, 4) is 17.2 Å². The van der Waals surface area contributed by atoms with Crippen molar-refractivity contribution >= 4 is 27.5 Å². The van der Waals surface area contributed by atoms with E-state index >= 15 is 0 Å². The van der Waals surface area contributed by atoms with Gasteiger partial charge in [-0.3, -0.25) is 8.98 Å². The first-order valence-electron chi connectivity index (χ1n) is 10.3. The molecule has 1 N–H and O–H groups in total. The van der Waals surface area contributed by atoms with Crippen LogP contribution in [0.15, 0.2) is 36.4 Å². The lowest BCUT2D eigenvalue weighted by molar-refractivity contribution is 0.0944. The molecular weight excluding hydrogens is 470 g/mol. The Morgan fingerprint density at radius 2 is 1.85 bits per heavy atom. The third-order valence-corrected chi connectivity index (χ3v) is 6.71. The van der Waals surface area contributed by atoms with Crippen LogP contribution in [-0.4, -0.2) is 61.0 Å². The second kappa shape index (κ2) is 10.3. The molecule has 1 saturated heterocycles. The molecule has 1 aliphatic rings. The molecule has 0 aliphatic carbocycles. The molecule has 10 heteroatoms. The van der Waals surface area contributed by atoms with Gasteiger partial charge in [-0.1, -0.05) is 23.7 Å². The number of carbonyl (C=O) groups excluding carboxylic acids is 1. The van der Waals surface area contributed by atoms with Crippen LogP contribution in [-0.2, 0) is 19.7 Å². The van der Waals surface area contributed by atoms with E-state index in [1.165, 1.54) is 21.3 Å². The Bertz CT molecular complexity index is 1120. The summed E-state index contributed by atoms with van der Waals surface area (Å²) in [5.41, 5.74) is 0.732. The van der Waals surface area contributed by atoms with Gasteiger partial charge in [-0.05, 0) is 42.7 Å². The predicted molar refractivity (Wildman–Crippen MR) is 125 cm³/mol. The summed E-state index contributed by atoms with van der Waals surface area (Å²) >= 11 is 6.23. The highest BCUT2D eigenvalue weighted by Gasteiger charge is 2.44. The molecule has 180 valence electrons. The summed E-state index contributed by atoms with van der Waals surface area (Å²) in [6.45, 7) is 0.445. The van der Waals surface area contributed by atoms with Crippen molar-refractivity contribution in [3.63, 3.8) is 0 Å². The van der Waals surface area contributed by atoms with Crippen molar-refractivity contribution in [2.24, 2.45) is 0 Å². The fraction of sp³-hybridized carbons (Fsp3) is 0.435. The molecule has 2 aromatic carbocycles. The van der Waals surface area contributed by atoms with Crippen LogP contribution in [0.5, 0.6) is 17.2 Å². The Morgan fingerprint density at radius 1 is 1.12 bits per heavy atom. The third kappa shape index (κ3) is 5.60. The Kier molecular flexibility index (Phi) is 7.89. The van der Waals surface area contributed by atoms with Crippen molar-refractivity contribution in [2.45, 2.75) is 24.3 Å². The fourth-order valence-electron chi connectivity index (χ4n) is 4.28. The normalized spacial score (nSPS) is 20.5. The first kappa shape index (κ1) is 25.3. The molecule has 0 bridgehead atoms. The van der Waals surface area contributed by atoms with Crippen molar-refractivity contribution < 1.29 is 31.6 Å². The molecule has 2 atom stereocenters. The molecular formula is C23H28ClNO7S. The number of benzene rings is 2. The zero-order valence-electron chi connectivity index (χ0n) is 19.0. The zero-order valence-corrected chi connectivity index (χ0v) is 20.6. The van der Waals surface area contributed by atoms with Gasteiger partial charge in [0.15, 0.2) is 17.3 Å². The molecule has 0 saturated carbocycles. The second-order valence-corrected chi connectivity index (χ2v) is 10.0. The highest BCUT2D eigenvalue weighted by Crippen LogP contribution is 2.43. The third-order valence-electron chi connectivity index (χ3n) is 5.88. The summed E-state index contributed by atoms with van der Waals surface area (Å²) < 4.78 is 44.2. The summed E-state index contributed by atoms with van der Waals surface area (Å²) in [6, 6.07) is 10.2. The summed E-state index contributed by atoms with van der Waals surface area (Å²) in [5, 5.41) is 3.87. The monoisotopic (exact) mass is 497 g/mol. The number of hydrogen-bond donors (Lipinski definition) is 1. The van der Waals surface area contributed by atoms with Gasteiger partial charge in [0.2, 0.25) is 5.75 Å². The van der Waals surface area contributed by atoms with Crippen molar-refractivity contribution in [2.75, 3.05) is 40.7 Å². The Morgan fingerprint density at radius 3 is 2.45 bits per heavy atom. The van der Waals surface area contributed by atoms with Crippen LogP contribution in [0, 0.1) is 0 Å². The van der Waals surface area contributed by atoms with E-state index < -0.39 is 21.6 Å². The van der Waals surface area contributed by atoms with Crippen LogP contribution < -0.4 is 19.5 Å². The van der Waals surface area contributed by atoms with Crippen LogP contribution in [0.1, 0.15) is 28.8 Å². The molecule has 33 heavy (non-hydrogen) atoms. The number of methoxy groups -OCH3 is 3. The first-order chi connectivity index (χ1) is 15.6. The Balaban J connectivity index is 1.93. The summed E-state index contributed by atoms with van der Waals surface area (Å²) in [7, 11) is 0.872. The van der Waals surface area contributed by atoms with E-state index in [4.69, 9.17) is 30.0 Å². The number of hydrogen-bond acceptors (Lipinski definition) is 8. The number of carbonyl (C=O) groups is 1. The van der Waals surface area contributed by atoms with E-state index in [0.29, 0.717) is 47.2 Å². The van der Waals surface area contributed by atoms with Gasteiger partial charge >= 0.3 is 0 Å². The molecule has 8 nitrogen and oxygen atoms in total. The van der Waals surface area contributed by atoms with Crippen LogP contribution >= 0.6 is 11.6 Å². The van der Waals surface area contributed by atoms with Gasteiger partial charge in [-0.2, -0.15) is 8.42 Å². The van der Waals surface area contributed by atoms with Gasteiger partial charge in [-0.25, -0.2) is 0 Å². The lowest BCUT2D eigenvalue weighted by Gasteiger charge is -2.29. The first-order valence-corrected chi connectivity index (χ1v) is 12.5. The topological polar surface area (TPSA) is 100 Å². The van der Waals surface area contributed by atoms with E-state index in [2.05, 4.69) is 5.32 Å². The minimum absolute atomic E-state index is 0.00633. The molecule has 3 rings (SSSR count). The molecule has 1 heterocycles. The minimum Gasteiger partial charge on any atom is -0.493 e. The molecule has 2 unspecified atom stereocenters. The number of nitrogens with one attached hydrogen (secondary N) is 1. The van der Waals surface area contributed by atoms with Gasteiger partial charge in [-0.15, -0.1) is 0 Å². The summed E-state index contributed by atoms with van der Waals surface area (Å²) in [6.07, 6.45) is 1.83. The highest BCUT2D eigenvalue weighted by atomic mass is 35.5. The van der Waals surface area contributed by atoms with Crippen molar-refractivity contribution in [1.29, 1.82) is 0 Å². The van der Waals surface area contributed by atoms with Crippen LogP contribution in [0.4, 0.5) is 0 Å². The smallest absolute Gasteiger partial charge is 0.264 e. The van der Waals surface area contributed by atoms with Gasteiger partial charge in [0.25, 0.3) is 10.1 Å². The van der Waals surface area contributed by atoms with E-state index in [0.717, 1.165) is 11.8 Å². The average molecular weight is 498 g/mol. The molecule has 1 fully saturated rings. The standard InChI is InChI=1S/C23H28ClNO7S/c1-29-19-9-8-17(21(30-2)22(19)31-3)20(26)18-13-23(14-25-18,10-11-32-33(4,27)28)15-6-5-7-16(24)12-15/h5-9,12,18,25H,10-11,13-14H2,1-4H3. The Labute approximate surface area is 199 Å². The SMILES string of the molecule is COc1ccc(C(=O)C2CC(CCOS(C)(=O)=O)(c3cccc(Cl)c3)CN2)c(OC)c1OC. The van der Waals surface area contributed by atoms with Gasteiger partial charge in [0, 0.05) is 17.0 Å². The quantitative estimate of drug-likeness (QED) is 0.394. The van der Waals surface area contributed by atoms with Crippen molar-refractivity contribution in [1.82, 2.24) is 5.32 Å². The molecule has 0 spiro atoms. The lowest BCUT2D eigenvalue weighted by atomic mass is 9.75. The maximum Gasteiger partial charge on any atom is 0.264 e. The molecule has 0 aromatic heterocycles. The average Bonchev–Trinajstić information content (AvgIpc) is 3.22. The Hall–Kier alpha value is -2.33. The summed E-state index contributed by atoms with van der Waals surface area (Å²) in [5.74, 6) is 0.924. The number of rotatable bonds is 10. The zero-order chi connectivity index (χ0) is 24.2.